The first-order valence-corrected chi connectivity index (χ1v) is 10.4. The lowest BCUT2D eigenvalue weighted by Crippen LogP contribution is -2.41. The molecule has 2 heterocycles. The highest BCUT2D eigenvalue weighted by Gasteiger charge is 2.36. The predicted octanol–water partition coefficient (Wildman–Crippen LogP) is 2.40. The van der Waals surface area contributed by atoms with Crippen LogP contribution in [0.1, 0.15) is 12.8 Å². The van der Waals surface area contributed by atoms with Crippen LogP contribution in [0, 0.1) is 15.5 Å². The van der Waals surface area contributed by atoms with Crippen LogP contribution in [0.4, 0.5) is 11.4 Å². The number of pyridine rings is 1. The van der Waals surface area contributed by atoms with E-state index in [4.69, 9.17) is 4.74 Å². The van der Waals surface area contributed by atoms with Gasteiger partial charge in [0.05, 0.1) is 16.1 Å². The van der Waals surface area contributed by atoms with Crippen molar-refractivity contribution in [2.45, 2.75) is 12.8 Å². The number of anilines is 1. The highest BCUT2D eigenvalue weighted by molar-refractivity contribution is 7.90. The number of aromatic nitrogens is 1. The van der Waals surface area contributed by atoms with Gasteiger partial charge >= 0.3 is 0 Å². The molecule has 1 aromatic carbocycles. The molecule has 1 fully saturated rings. The van der Waals surface area contributed by atoms with Crippen molar-refractivity contribution in [1.29, 1.82) is 0 Å². The van der Waals surface area contributed by atoms with E-state index in [-0.39, 0.29) is 11.4 Å². The van der Waals surface area contributed by atoms with Gasteiger partial charge in [-0.2, -0.15) is 0 Å². The van der Waals surface area contributed by atoms with E-state index in [1.54, 1.807) is 18.3 Å². The quantitative estimate of drug-likeness (QED) is 0.606. The molecule has 0 saturated carbocycles. The van der Waals surface area contributed by atoms with Crippen molar-refractivity contribution < 1.29 is 18.1 Å². The van der Waals surface area contributed by atoms with Crippen molar-refractivity contribution >= 4 is 32.0 Å². The normalized spacial score (nSPS) is 17.1. The minimum atomic E-state index is -3.14. The van der Waals surface area contributed by atoms with E-state index in [9.17, 15) is 18.5 Å². The van der Waals surface area contributed by atoms with E-state index >= 15 is 0 Å². The highest BCUT2D eigenvalue weighted by Crippen LogP contribution is 2.35. The minimum absolute atomic E-state index is 0.00411. The number of fused-ring (bicyclic) bond motifs is 1. The van der Waals surface area contributed by atoms with Crippen molar-refractivity contribution in [2.75, 3.05) is 37.1 Å². The number of rotatable bonds is 6. The maximum absolute atomic E-state index is 11.9. The van der Waals surface area contributed by atoms with Gasteiger partial charge in [0.25, 0.3) is 5.69 Å². The molecule has 2 aromatic rings. The van der Waals surface area contributed by atoms with Crippen LogP contribution in [-0.2, 0) is 14.6 Å². The third-order valence-electron chi connectivity index (χ3n) is 4.77. The van der Waals surface area contributed by atoms with Gasteiger partial charge in [0, 0.05) is 61.0 Å². The average Bonchev–Trinajstić information content (AvgIpc) is 2.58. The number of nitro benzene ring substituents is 1. The molecule has 3 rings (SSSR count). The van der Waals surface area contributed by atoms with Crippen LogP contribution in [0.15, 0.2) is 30.6 Å². The third kappa shape index (κ3) is 4.10. The lowest BCUT2D eigenvalue weighted by atomic mass is 9.82. The zero-order valence-corrected chi connectivity index (χ0v) is 15.3. The zero-order chi connectivity index (χ0) is 18.8. The molecule has 0 radical (unpaired) electrons. The van der Waals surface area contributed by atoms with E-state index in [2.05, 4.69) is 10.3 Å². The first-order valence-electron chi connectivity index (χ1n) is 8.30. The van der Waals surface area contributed by atoms with Gasteiger partial charge in [0.15, 0.2) is 0 Å². The number of benzene rings is 1. The van der Waals surface area contributed by atoms with Crippen molar-refractivity contribution in [2.24, 2.45) is 5.41 Å². The summed E-state index contributed by atoms with van der Waals surface area (Å²) in [6.45, 7) is 1.52. The smallest absolute Gasteiger partial charge is 0.278 e. The number of nitro groups is 1. The molecule has 1 aromatic heterocycles. The zero-order valence-electron chi connectivity index (χ0n) is 14.5. The van der Waals surface area contributed by atoms with Crippen molar-refractivity contribution in [3.63, 3.8) is 0 Å². The first kappa shape index (κ1) is 18.5. The largest absolute Gasteiger partial charge is 0.384 e. The van der Waals surface area contributed by atoms with Gasteiger partial charge in [-0.25, -0.2) is 8.42 Å². The SMILES string of the molecule is CS(=O)(=O)CC1(CNc2ccc([N+](=O)[O-])c3cnccc23)CCOCC1. The van der Waals surface area contributed by atoms with Crippen molar-refractivity contribution in [3.05, 3.63) is 40.7 Å². The first-order chi connectivity index (χ1) is 12.3. The summed E-state index contributed by atoms with van der Waals surface area (Å²) < 4.78 is 29.2. The third-order valence-corrected chi connectivity index (χ3v) is 5.90. The van der Waals surface area contributed by atoms with Crippen LogP contribution >= 0.6 is 0 Å². The second kappa shape index (κ2) is 7.16. The predicted molar refractivity (Wildman–Crippen MR) is 99.1 cm³/mol. The molecule has 0 spiro atoms. The molecule has 0 amide bonds. The minimum Gasteiger partial charge on any atom is -0.384 e. The van der Waals surface area contributed by atoms with Gasteiger partial charge < -0.3 is 10.1 Å². The molecular formula is C17H21N3O5S. The molecule has 0 atom stereocenters. The Kier molecular flexibility index (Phi) is 5.10. The van der Waals surface area contributed by atoms with Crippen LogP contribution in [0.25, 0.3) is 10.8 Å². The van der Waals surface area contributed by atoms with Gasteiger partial charge in [-0.05, 0) is 25.0 Å². The molecule has 1 aliphatic heterocycles. The molecule has 1 aliphatic rings. The lowest BCUT2D eigenvalue weighted by Gasteiger charge is -2.37. The Labute approximate surface area is 151 Å². The van der Waals surface area contributed by atoms with Crippen LogP contribution in [0.2, 0.25) is 0 Å². The Morgan fingerprint density at radius 2 is 2.00 bits per heavy atom. The standard InChI is InChI=1S/C17H21N3O5S/c1-26(23,24)12-17(5-8-25-9-6-17)11-19-15-2-3-16(20(21)22)14-10-18-7-4-13(14)15/h2-4,7,10,19H,5-6,8-9,11-12H2,1H3. The number of ether oxygens (including phenoxy) is 1. The number of hydrogen-bond acceptors (Lipinski definition) is 7. The molecule has 9 heteroatoms. The fraction of sp³-hybridized carbons (Fsp3) is 0.471. The molecule has 140 valence electrons. The molecule has 8 nitrogen and oxygen atoms in total. The molecule has 0 aliphatic carbocycles. The number of nitrogens with one attached hydrogen (secondary N) is 1. The van der Waals surface area contributed by atoms with Crippen LogP contribution in [-0.4, -0.2) is 50.1 Å². The Morgan fingerprint density at radius 1 is 1.27 bits per heavy atom. The highest BCUT2D eigenvalue weighted by atomic mass is 32.2. The molecule has 1 saturated heterocycles. The summed E-state index contributed by atoms with van der Waals surface area (Å²) in [5.74, 6) is 0.0861. The Balaban J connectivity index is 1.90. The second-order valence-electron chi connectivity index (χ2n) is 6.85. The van der Waals surface area contributed by atoms with Crippen LogP contribution in [0.5, 0.6) is 0 Å². The van der Waals surface area contributed by atoms with Gasteiger partial charge in [0.1, 0.15) is 9.84 Å². The Hall–Kier alpha value is -2.26. The summed E-state index contributed by atoms with van der Waals surface area (Å²) >= 11 is 0. The van der Waals surface area contributed by atoms with E-state index in [1.807, 2.05) is 0 Å². The number of sulfone groups is 1. The van der Waals surface area contributed by atoms with Crippen LogP contribution < -0.4 is 5.32 Å². The summed E-state index contributed by atoms with van der Waals surface area (Å²) in [5.41, 5.74) is 0.315. The Bertz CT molecular complexity index is 923. The maximum Gasteiger partial charge on any atom is 0.278 e. The second-order valence-corrected chi connectivity index (χ2v) is 8.99. The van der Waals surface area contributed by atoms with Crippen LogP contribution in [0.3, 0.4) is 0 Å². The average molecular weight is 379 g/mol. The maximum atomic E-state index is 11.9. The molecule has 26 heavy (non-hydrogen) atoms. The van der Waals surface area contributed by atoms with E-state index in [0.29, 0.717) is 43.4 Å². The molecule has 1 N–H and O–H groups in total. The van der Waals surface area contributed by atoms with E-state index < -0.39 is 20.2 Å². The van der Waals surface area contributed by atoms with Gasteiger partial charge in [-0.3, -0.25) is 15.1 Å². The van der Waals surface area contributed by atoms with Gasteiger partial charge in [0.2, 0.25) is 0 Å². The fourth-order valence-corrected chi connectivity index (χ4v) is 5.01. The summed E-state index contributed by atoms with van der Waals surface area (Å²) in [6.07, 6.45) is 5.60. The van der Waals surface area contributed by atoms with Crippen molar-refractivity contribution in [3.8, 4) is 0 Å². The van der Waals surface area contributed by atoms with Gasteiger partial charge in [-0.1, -0.05) is 0 Å². The summed E-state index contributed by atoms with van der Waals surface area (Å²) in [6, 6.07) is 4.82. The van der Waals surface area contributed by atoms with E-state index in [0.717, 1.165) is 5.69 Å². The topological polar surface area (TPSA) is 111 Å². The summed E-state index contributed by atoms with van der Waals surface area (Å²) in [5, 5.41) is 15.7. The number of hydrogen-bond donors (Lipinski definition) is 1. The molecule has 0 bridgehead atoms. The summed E-state index contributed by atoms with van der Waals surface area (Å²) in [4.78, 5) is 14.8. The molecule has 0 unspecified atom stereocenters. The number of non-ortho nitro benzene ring substituents is 1. The van der Waals surface area contributed by atoms with E-state index in [1.165, 1.54) is 18.5 Å². The number of nitrogens with zero attached hydrogens (tertiary/aromatic N) is 2. The van der Waals surface area contributed by atoms with Gasteiger partial charge in [-0.15, -0.1) is 0 Å². The lowest BCUT2D eigenvalue weighted by molar-refractivity contribution is -0.383. The summed E-state index contributed by atoms with van der Waals surface area (Å²) in [7, 11) is -3.14. The fourth-order valence-electron chi connectivity index (χ4n) is 3.50. The monoisotopic (exact) mass is 379 g/mol. The molecular weight excluding hydrogens is 358 g/mol. The Morgan fingerprint density at radius 3 is 2.65 bits per heavy atom. The van der Waals surface area contributed by atoms with Crippen molar-refractivity contribution in [1.82, 2.24) is 4.98 Å².